The van der Waals surface area contributed by atoms with E-state index in [1.165, 1.54) is 16.9 Å². The second-order valence-electron chi connectivity index (χ2n) is 12.6. The van der Waals surface area contributed by atoms with Crippen LogP contribution in [-0.2, 0) is 31.0 Å². The molecule has 5 amide bonds. The van der Waals surface area contributed by atoms with Crippen LogP contribution in [0.25, 0.3) is 0 Å². The summed E-state index contributed by atoms with van der Waals surface area (Å²) in [6.07, 6.45) is 6.47. The molecule has 0 unspecified atom stereocenters. The summed E-state index contributed by atoms with van der Waals surface area (Å²) < 4.78 is 1.39. The van der Waals surface area contributed by atoms with Crippen molar-refractivity contribution in [2.45, 2.75) is 116 Å². The molecule has 4 N–H and O–H groups in total. The Bertz CT molecular complexity index is 1200. The number of carbonyl (C=O) groups excluding carboxylic acids is 6. The molecule has 0 radical (unpaired) electrons. The Kier molecular flexibility index (Phi) is 11.5. The number of carbonyl (C=O) groups is 6. The summed E-state index contributed by atoms with van der Waals surface area (Å²) in [5.74, 6) is -3.30. The van der Waals surface area contributed by atoms with Gasteiger partial charge in [0.15, 0.2) is 0 Å². The van der Waals surface area contributed by atoms with Crippen LogP contribution in [0.1, 0.15) is 96.5 Å². The highest BCUT2D eigenvalue weighted by atomic mass is 16.2. The predicted molar refractivity (Wildman–Crippen MR) is 159 cm³/mol. The molecule has 1 aromatic rings. The van der Waals surface area contributed by atoms with E-state index < -0.39 is 58.9 Å². The van der Waals surface area contributed by atoms with Crippen molar-refractivity contribution < 1.29 is 28.8 Å². The Morgan fingerprint density at radius 2 is 1.70 bits per heavy atom. The zero-order valence-corrected chi connectivity index (χ0v) is 26.2. The maximum Gasteiger partial charge on any atom is 0.289 e. The lowest BCUT2D eigenvalue weighted by Gasteiger charge is -2.38. The van der Waals surface area contributed by atoms with Crippen molar-refractivity contribution in [3.63, 3.8) is 0 Å². The highest BCUT2D eigenvalue weighted by Gasteiger charge is 2.46. The number of amides is 5. The number of rotatable bonds is 14. The molecule has 4 atom stereocenters. The predicted octanol–water partition coefficient (Wildman–Crippen LogP) is 0.973. The SMILES string of the molecule is CCC[C@H]1CC[C@@H](C(=O)N[C@@H](CCC)C(=O)C(=O)NC2CC2)N1C(=O)[C@@H](NC(=O)CNC(=O)c1ccnn1C)C(C)(C)C. The van der Waals surface area contributed by atoms with Gasteiger partial charge >= 0.3 is 0 Å². The summed E-state index contributed by atoms with van der Waals surface area (Å²) in [5, 5.41) is 14.7. The largest absolute Gasteiger partial charge is 0.347 e. The minimum Gasteiger partial charge on any atom is -0.347 e. The number of aromatic nitrogens is 2. The van der Waals surface area contributed by atoms with Crippen LogP contribution in [0.4, 0.5) is 0 Å². The number of nitrogens with one attached hydrogen (secondary N) is 4. The fourth-order valence-corrected chi connectivity index (χ4v) is 5.42. The molecule has 1 aliphatic heterocycles. The molecule has 1 aliphatic carbocycles. The lowest BCUT2D eigenvalue weighted by Crippen LogP contribution is -2.61. The van der Waals surface area contributed by atoms with Gasteiger partial charge in [-0.2, -0.15) is 5.10 Å². The van der Waals surface area contributed by atoms with E-state index in [0.717, 1.165) is 19.3 Å². The average molecular weight is 602 g/mol. The smallest absolute Gasteiger partial charge is 0.289 e. The molecule has 1 saturated heterocycles. The summed E-state index contributed by atoms with van der Waals surface area (Å²) in [4.78, 5) is 80.1. The molecular weight excluding hydrogens is 554 g/mol. The van der Waals surface area contributed by atoms with Gasteiger partial charge in [-0.3, -0.25) is 33.4 Å². The first kappa shape index (κ1) is 33.7. The Morgan fingerprint density at radius 1 is 1.00 bits per heavy atom. The third-order valence-corrected chi connectivity index (χ3v) is 7.91. The lowest BCUT2D eigenvalue weighted by atomic mass is 9.85. The molecule has 0 bridgehead atoms. The molecule has 43 heavy (non-hydrogen) atoms. The van der Waals surface area contributed by atoms with E-state index in [2.05, 4.69) is 26.4 Å². The molecule has 1 aromatic heterocycles. The Hall–Kier alpha value is -3.77. The van der Waals surface area contributed by atoms with Gasteiger partial charge in [0, 0.05) is 25.3 Å². The standard InChI is InChI=1S/C30H47N7O6/c1-7-9-19-13-14-22(27(41)34-20(10-8-2)24(39)28(42)33-18-11-12-18)37(19)29(43)25(30(3,4)5)35-23(38)17-31-26(40)21-15-16-32-36(21)6/h15-16,18-20,22,25H,7-14,17H2,1-6H3,(H,31,40)(H,33,42)(H,34,41)(H,35,38)/t19-,20-,22-,25+/m0/s1. The summed E-state index contributed by atoms with van der Waals surface area (Å²) in [7, 11) is 1.61. The van der Waals surface area contributed by atoms with Gasteiger partial charge < -0.3 is 26.2 Å². The van der Waals surface area contributed by atoms with Crippen molar-refractivity contribution in [1.82, 2.24) is 35.9 Å². The van der Waals surface area contributed by atoms with Crippen LogP contribution in [-0.4, -0.2) is 86.8 Å². The van der Waals surface area contributed by atoms with Crippen molar-refractivity contribution in [3.8, 4) is 0 Å². The molecule has 2 fully saturated rings. The average Bonchev–Trinajstić information content (AvgIpc) is 3.49. The molecule has 238 valence electrons. The molecule has 1 saturated carbocycles. The topological polar surface area (TPSA) is 172 Å². The highest BCUT2D eigenvalue weighted by Crippen LogP contribution is 2.32. The first-order valence-corrected chi connectivity index (χ1v) is 15.3. The van der Waals surface area contributed by atoms with Crippen LogP contribution in [0.3, 0.4) is 0 Å². The molecule has 13 heteroatoms. The van der Waals surface area contributed by atoms with Gasteiger partial charge in [-0.25, -0.2) is 0 Å². The quantitative estimate of drug-likeness (QED) is 0.230. The lowest BCUT2D eigenvalue weighted by molar-refractivity contribution is -0.146. The number of likely N-dealkylation sites (tertiary alicyclic amines) is 1. The van der Waals surface area contributed by atoms with Crippen LogP contribution in [0, 0.1) is 5.41 Å². The molecule has 0 spiro atoms. The summed E-state index contributed by atoms with van der Waals surface area (Å²) in [5.41, 5.74) is -0.435. The Morgan fingerprint density at radius 3 is 2.26 bits per heavy atom. The monoisotopic (exact) mass is 601 g/mol. The zero-order chi connectivity index (χ0) is 31.9. The van der Waals surface area contributed by atoms with Gasteiger partial charge in [0.05, 0.1) is 12.6 Å². The number of hydrogen-bond acceptors (Lipinski definition) is 7. The van der Waals surface area contributed by atoms with Gasteiger partial charge in [-0.1, -0.05) is 47.5 Å². The maximum atomic E-state index is 14.2. The van der Waals surface area contributed by atoms with Crippen LogP contribution in [0.5, 0.6) is 0 Å². The number of Topliss-reactive ketones (excluding diaryl/α,β-unsaturated/α-hetero) is 1. The number of aryl methyl sites for hydroxylation is 1. The normalized spacial score (nSPS) is 19.7. The third-order valence-electron chi connectivity index (χ3n) is 7.91. The van der Waals surface area contributed by atoms with E-state index >= 15 is 0 Å². The molecule has 3 rings (SSSR count). The zero-order valence-electron chi connectivity index (χ0n) is 26.2. The first-order valence-electron chi connectivity index (χ1n) is 15.3. The van der Waals surface area contributed by atoms with Crippen LogP contribution in [0.2, 0.25) is 0 Å². The van der Waals surface area contributed by atoms with E-state index in [-0.39, 0.29) is 24.3 Å². The number of hydrogen-bond donors (Lipinski definition) is 4. The van der Waals surface area contributed by atoms with Gasteiger partial charge in [-0.15, -0.1) is 0 Å². The Labute approximate surface area is 253 Å². The third kappa shape index (κ3) is 8.87. The van der Waals surface area contributed by atoms with E-state index in [0.29, 0.717) is 32.1 Å². The molecule has 13 nitrogen and oxygen atoms in total. The van der Waals surface area contributed by atoms with Crippen molar-refractivity contribution >= 4 is 35.3 Å². The van der Waals surface area contributed by atoms with E-state index in [9.17, 15) is 28.8 Å². The van der Waals surface area contributed by atoms with Gasteiger partial charge in [-0.05, 0) is 50.0 Å². The fourth-order valence-electron chi connectivity index (χ4n) is 5.42. The van der Waals surface area contributed by atoms with Crippen molar-refractivity contribution in [1.29, 1.82) is 0 Å². The van der Waals surface area contributed by atoms with E-state index in [4.69, 9.17) is 0 Å². The number of nitrogens with zero attached hydrogens (tertiary/aromatic N) is 3. The second-order valence-corrected chi connectivity index (χ2v) is 12.6. The van der Waals surface area contributed by atoms with E-state index in [1.54, 1.807) is 11.9 Å². The number of ketones is 1. The Balaban J connectivity index is 1.75. The molecular formula is C30H47N7O6. The highest BCUT2D eigenvalue weighted by molar-refractivity contribution is 6.38. The van der Waals surface area contributed by atoms with Crippen molar-refractivity contribution in [3.05, 3.63) is 18.0 Å². The van der Waals surface area contributed by atoms with Crippen molar-refractivity contribution in [2.75, 3.05) is 6.54 Å². The molecule has 2 aliphatic rings. The van der Waals surface area contributed by atoms with Crippen LogP contribution in [0.15, 0.2) is 12.3 Å². The van der Waals surface area contributed by atoms with Gasteiger partial charge in [0.1, 0.15) is 17.8 Å². The first-order chi connectivity index (χ1) is 20.3. The fraction of sp³-hybridized carbons (Fsp3) is 0.700. The summed E-state index contributed by atoms with van der Waals surface area (Å²) >= 11 is 0. The van der Waals surface area contributed by atoms with Crippen LogP contribution < -0.4 is 21.3 Å². The molecule has 2 heterocycles. The summed E-state index contributed by atoms with van der Waals surface area (Å²) in [6, 6.07) is -1.51. The maximum absolute atomic E-state index is 14.2. The van der Waals surface area contributed by atoms with Gasteiger partial charge in [0.2, 0.25) is 23.5 Å². The molecule has 0 aromatic carbocycles. The second kappa shape index (κ2) is 14.6. The minimum atomic E-state index is -0.987. The van der Waals surface area contributed by atoms with Gasteiger partial charge in [0.25, 0.3) is 11.8 Å². The van der Waals surface area contributed by atoms with Crippen LogP contribution >= 0.6 is 0 Å². The van der Waals surface area contributed by atoms with E-state index in [1.807, 2.05) is 34.6 Å². The summed E-state index contributed by atoms with van der Waals surface area (Å²) in [6.45, 7) is 8.97. The van der Waals surface area contributed by atoms with Crippen molar-refractivity contribution in [2.24, 2.45) is 12.5 Å². The minimum absolute atomic E-state index is 0.0141.